The van der Waals surface area contributed by atoms with Gasteiger partial charge in [0.25, 0.3) is 0 Å². The Balaban J connectivity index is 2.88. The summed E-state index contributed by atoms with van der Waals surface area (Å²) in [7, 11) is 0. The lowest BCUT2D eigenvalue weighted by Gasteiger charge is -2.12. The standard InChI is InChI=1S/C2H3N2O2/c3-1-2-4(5)6/h5H,2H2/q-1. The van der Waals surface area contributed by atoms with Crippen molar-refractivity contribution in [3.63, 3.8) is 0 Å². The van der Waals surface area contributed by atoms with Crippen molar-refractivity contribution in [2.24, 2.45) is 0 Å². The van der Waals surface area contributed by atoms with Crippen molar-refractivity contribution in [3.8, 4) is 6.07 Å². The fourth-order valence-corrected chi connectivity index (χ4v) is 0.0605. The number of nitrogens with zero attached hydrogens (tertiary/aromatic N) is 2. The van der Waals surface area contributed by atoms with Crippen LogP contribution in [0, 0.1) is 16.5 Å². The second kappa shape index (κ2) is 2.60. The Morgan fingerprint density at radius 2 is 2.50 bits per heavy atom. The SMILES string of the molecule is N#CCN([O-])O. The van der Waals surface area contributed by atoms with Crippen LogP contribution in [0.1, 0.15) is 0 Å². The molecule has 0 saturated heterocycles. The molecule has 4 nitrogen and oxygen atoms in total. The van der Waals surface area contributed by atoms with E-state index in [4.69, 9.17) is 10.5 Å². The molecule has 0 radical (unpaired) electrons. The fraction of sp³-hybridized carbons (Fsp3) is 0.500. The summed E-state index contributed by atoms with van der Waals surface area (Å²) in [6.45, 7) is -0.486. The van der Waals surface area contributed by atoms with Crippen LogP contribution in [0.4, 0.5) is 0 Å². The smallest absolute Gasteiger partial charge is 0.0976 e. The molecule has 0 spiro atoms. The summed E-state index contributed by atoms with van der Waals surface area (Å²) < 4.78 is 0. The van der Waals surface area contributed by atoms with Crippen LogP contribution in [0.3, 0.4) is 0 Å². The van der Waals surface area contributed by atoms with Crippen molar-refractivity contribution in [2.45, 2.75) is 0 Å². The normalized spacial score (nSPS) is 8.33. The minimum absolute atomic E-state index is 0.431. The van der Waals surface area contributed by atoms with Gasteiger partial charge in [0, 0.05) is 0 Å². The van der Waals surface area contributed by atoms with E-state index in [1.54, 1.807) is 0 Å². The third-order valence-corrected chi connectivity index (χ3v) is 0.206. The van der Waals surface area contributed by atoms with Gasteiger partial charge in [-0.2, -0.15) is 5.26 Å². The highest BCUT2D eigenvalue weighted by atomic mass is 16.8. The largest absolute Gasteiger partial charge is 0.761 e. The van der Waals surface area contributed by atoms with Crippen LogP contribution >= 0.6 is 0 Å². The predicted octanol–water partition coefficient (Wildman–Crippen LogP) is -0.301. The zero-order chi connectivity index (χ0) is 4.99. The Morgan fingerprint density at radius 1 is 2.00 bits per heavy atom. The number of hydrogen-bond acceptors (Lipinski definition) is 4. The quantitative estimate of drug-likeness (QED) is 0.352. The highest BCUT2D eigenvalue weighted by Crippen LogP contribution is 1.66. The summed E-state index contributed by atoms with van der Waals surface area (Å²) in [6.07, 6.45) is 0. The summed E-state index contributed by atoms with van der Waals surface area (Å²) >= 11 is 0. The maximum absolute atomic E-state index is 9.29. The second-order valence-corrected chi connectivity index (χ2v) is 0.668. The van der Waals surface area contributed by atoms with E-state index in [2.05, 4.69) is 0 Å². The third-order valence-electron chi connectivity index (χ3n) is 0.206. The molecular weight excluding hydrogens is 84.0 g/mol. The van der Waals surface area contributed by atoms with Crippen molar-refractivity contribution < 1.29 is 5.21 Å². The predicted molar refractivity (Wildman–Crippen MR) is 17.5 cm³/mol. The summed E-state index contributed by atoms with van der Waals surface area (Å²) in [5, 5.41) is 24.1. The minimum atomic E-state index is -0.486. The summed E-state index contributed by atoms with van der Waals surface area (Å²) in [4.78, 5) is 0. The maximum Gasteiger partial charge on any atom is 0.0976 e. The molecule has 0 bridgehead atoms. The molecule has 1 N–H and O–H groups in total. The lowest BCUT2D eigenvalue weighted by molar-refractivity contribution is -0.0271. The molecule has 0 aromatic rings. The lowest BCUT2D eigenvalue weighted by Crippen LogP contribution is -2.08. The molecule has 0 heterocycles. The third kappa shape index (κ3) is 3.37. The first-order valence-corrected chi connectivity index (χ1v) is 1.28. The van der Waals surface area contributed by atoms with Gasteiger partial charge < -0.3 is 10.4 Å². The number of nitriles is 1. The average molecular weight is 87.1 g/mol. The number of hydrogen-bond donors (Lipinski definition) is 1. The van der Waals surface area contributed by atoms with Crippen molar-refractivity contribution in [3.05, 3.63) is 5.21 Å². The van der Waals surface area contributed by atoms with Crippen molar-refractivity contribution >= 4 is 0 Å². The van der Waals surface area contributed by atoms with E-state index in [9.17, 15) is 5.21 Å². The van der Waals surface area contributed by atoms with E-state index in [0.29, 0.717) is 0 Å². The average Bonchev–Trinajstić information content (AvgIpc) is 1.35. The van der Waals surface area contributed by atoms with E-state index in [0.717, 1.165) is 0 Å². The maximum atomic E-state index is 9.29. The summed E-state index contributed by atoms with van der Waals surface area (Å²) in [5.41, 5.74) is 0. The van der Waals surface area contributed by atoms with Crippen LogP contribution < -0.4 is 0 Å². The van der Waals surface area contributed by atoms with E-state index < -0.39 is 11.8 Å². The van der Waals surface area contributed by atoms with Gasteiger partial charge in [-0.05, 0) is 0 Å². The Hall–Kier alpha value is -0.630. The molecule has 0 atom stereocenters. The Kier molecular flexibility index (Phi) is 2.33. The van der Waals surface area contributed by atoms with Crippen LogP contribution in [0.15, 0.2) is 0 Å². The van der Waals surface area contributed by atoms with Crippen molar-refractivity contribution in [2.75, 3.05) is 6.54 Å². The van der Waals surface area contributed by atoms with E-state index in [1.165, 1.54) is 6.07 Å². The van der Waals surface area contributed by atoms with Gasteiger partial charge in [-0.15, -0.1) is 0 Å². The van der Waals surface area contributed by atoms with Crippen LogP contribution in [0.2, 0.25) is 0 Å². The van der Waals surface area contributed by atoms with Crippen LogP contribution in [0.5, 0.6) is 0 Å². The molecule has 6 heavy (non-hydrogen) atoms. The van der Waals surface area contributed by atoms with E-state index >= 15 is 0 Å². The van der Waals surface area contributed by atoms with Crippen LogP contribution in [-0.4, -0.2) is 17.0 Å². The summed E-state index contributed by atoms with van der Waals surface area (Å²) in [6, 6.07) is 1.43. The molecule has 0 aliphatic rings. The van der Waals surface area contributed by atoms with Gasteiger partial charge in [-0.1, -0.05) is 0 Å². The molecule has 0 aromatic carbocycles. The highest BCUT2D eigenvalue weighted by molar-refractivity contribution is 4.71. The Morgan fingerprint density at radius 3 is 2.50 bits per heavy atom. The summed E-state index contributed by atoms with van der Waals surface area (Å²) in [5.74, 6) is 0. The fourth-order valence-electron chi connectivity index (χ4n) is 0.0605. The van der Waals surface area contributed by atoms with E-state index in [1.807, 2.05) is 0 Å². The molecule has 0 fully saturated rings. The second-order valence-electron chi connectivity index (χ2n) is 0.668. The first-order valence-electron chi connectivity index (χ1n) is 1.28. The zero-order valence-corrected chi connectivity index (χ0v) is 2.96. The molecule has 4 heteroatoms. The molecule has 0 aliphatic heterocycles. The monoisotopic (exact) mass is 87.0 g/mol. The van der Waals surface area contributed by atoms with Crippen LogP contribution in [-0.2, 0) is 0 Å². The highest BCUT2D eigenvalue weighted by Gasteiger charge is 1.72. The molecule has 0 aliphatic carbocycles. The molecule has 0 rings (SSSR count). The van der Waals surface area contributed by atoms with Gasteiger partial charge in [-0.3, -0.25) is 5.23 Å². The lowest BCUT2D eigenvalue weighted by atomic mass is 10.8. The first-order chi connectivity index (χ1) is 2.77. The van der Waals surface area contributed by atoms with Crippen LogP contribution in [0.25, 0.3) is 0 Å². The first kappa shape index (κ1) is 5.37. The van der Waals surface area contributed by atoms with Crippen molar-refractivity contribution in [1.82, 2.24) is 5.23 Å². The topological polar surface area (TPSA) is 70.3 Å². The Bertz CT molecular complexity index is 64.4. The molecule has 0 aromatic heterocycles. The zero-order valence-electron chi connectivity index (χ0n) is 2.96. The van der Waals surface area contributed by atoms with E-state index in [-0.39, 0.29) is 0 Å². The van der Waals surface area contributed by atoms with Gasteiger partial charge in [0.2, 0.25) is 0 Å². The van der Waals surface area contributed by atoms with Gasteiger partial charge >= 0.3 is 0 Å². The minimum Gasteiger partial charge on any atom is -0.761 e. The van der Waals surface area contributed by atoms with Gasteiger partial charge in [0.05, 0.1) is 12.6 Å². The molecule has 0 saturated carbocycles. The Labute approximate surface area is 34.8 Å². The molecule has 0 unspecified atom stereocenters. The molecule has 34 valence electrons. The number of hydroxylamine groups is 2. The number of rotatable bonds is 1. The van der Waals surface area contributed by atoms with Crippen molar-refractivity contribution in [1.29, 1.82) is 5.26 Å². The van der Waals surface area contributed by atoms with Gasteiger partial charge in [-0.25, -0.2) is 0 Å². The van der Waals surface area contributed by atoms with Gasteiger partial charge in [0.1, 0.15) is 0 Å². The molecular formula is C2H3N2O2-. The van der Waals surface area contributed by atoms with Gasteiger partial charge in [0.15, 0.2) is 0 Å². The molecule has 0 amide bonds.